The second-order valence-electron chi connectivity index (χ2n) is 6.24. The summed E-state index contributed by atoms with van der Waals surface area (Å²) in [5.74, 6) is 0.935. The molecule has 1 aliphatic rings. The number of guanidine groups is 1. The Labute approximate surface area is 142 Å². The number of likely N-dealkylation sites (N-methyl/N-ethyl adjacent to an activating group) is 1. The minimum absolute atomic E-state index is 0.497. The number of hydrogen-bond acceptors (Lipinski definition) is 4. The van der Waals surface area contributed by atoms with Gasteiger partial charge in [-0.2, -0.15) is 0 Å². The zero-order valence-corrected chi connectivity index (χ0v) is 15.6. The van der Waals surface area contributed by atoms with Crippen LogP contribution < -0.4 is 10.6 Å². The summed E-state index contributed by atoms with van der Waals surface area (Å²) in [6.07, 6.45) is 2.20. The molecule has 23 heavy (non-hydrogen) atoms. The van der Waals surface area contributed by atoms with Crippen molar-refractivity contribution in [3.8, 4) is 0 Å². The third-order valence-corrected chi connectivity index (χ3v) is 4.23. The number of nitrogens with one attached hydrogen (secondary N) is 2. The van der Waals surface area contributed by atoms with Crippen LogP contribution in [0.4, 0.5) is 0 Å². The Morgan fingerprint density at radius 1 is 1.13 bits per heavy atom. The SMILES string of the molecule is CCNC(=NCC(C)N1CCN(C)CC1)NCCCCOCC. The molecule has 1 fully saturated rings. The van der Waals surface area contributed by atoms with Crippen LogP contribution >= 0.6 is 0 Å². The molecule has 1 aliphatic heterocycles. The molecule has 0 saturated carbocycles. The summed E-state index contributed by atoms with van der Waals surface area (Å²) in [5, 5.41) is 6.75. The second-order valence-corrected chi connectivity index (χ2v) is 6.24. The first kappa shape index (κ1) is 20.2. The molecule has 0 radical (unpaired) electrons. The average Bonchev–Trinajstić information content (AvgIpc) is 2.56. The molecule has 1 unspecified atom stereocenters. The zero-order valence-electron chi connectivity index (χ0n) is 15.6. The Balaban J connectivity index is 2.27. The zero-order chi connectivity index (χ0) is 16.9. The van der Waals surface area contributed by atoms with Crippen molar-refractivity contribution < 1.29 is 4.74 Å². The Morgan fingerprint density at radius 3 is 2.52 bits per heavy atom. The summed E-state index contributed by atoms with van der Waals surface area (Å²) in [4.78, 5) is 9.68. The quantitative estimate of drug-likeness (QED) is 0.356. The lowest BCUT2D eigenvalue weighted by Gasteiger charge is -2.35. The molecule has 1 rings (SSSR count). The normalized spacial score (nSPS) is 18.9. The van der Waals surface area contributed by atoms with Crippen LogP contribution in [-0.2, 0) is 4.74 Å². The fourth-order valence-electron chi connectivity index (χ4n) is 2.62. The largest absolute Gasteiger partial charge is 0.382 e. The van der Waals surface area contributed by atoms with Crippen LogP contribution in [0.1, 0.15) is 33.6 Å². The number of aliphatic imine (C=N–C) groups is 1. The number of unbranched alkanes of at least 4 members (excludes halogenated alkanes) is 1. The number of rotatable bonds is 10. The number of nitrogens with zero attached hydrogens (tertiary/aromatic N) is 3. The fraction of sp³-hybridized carbons (Fsp3) is 0.941. The maximum absolute atomic E-state index is 5.36. The van der Waals surface area contributed by atoms with Gasteiger partial charge >= 0.3 is 0 Å². The molecule has 1 saturated heterocycles. The Kier molecular flexibility index (Phi) is 11.0. The van der Waals surface area contributed by atoms with Crippen LogP contribution in [0.5, 0.6) is 0 Å². The molecule has 0 bridgehead atoms. The predicted octanol–water partition coefficient (Wildman–Crippen LogP) is 0.994. The molecule has 1 heterocycles. The Bertz CT molecular complexity index is 316. The third kappa shape index (κ3) is 9.13. The molecule has 0 aromatic heterocycles. The van der Waals surface area contributed by atoms with Crippen molar-refractivity contribution >= 4 is 5.96 Å². The molecule has 0 aromatic carbocycles. The minimum atomic E-state index is 0.497. The van der Waals surface area contributed by atoms with E-state index in [1.54, 1.807) is 0 Å². The van der Waals surface area contributed by atoms with E-state index in [2.05, 4.69) is 41.3 Å². The van der Waals surface area contributed by atoms with Gasteiger partial charge in [0, 0.05) is 58.5 Å². The molecule has 0 spiro atoms. The number of hydrogen-bond donors (Lipinski definition) is 2. The molecular weight excluding hydrogens is 290 g/mol. The molecule has 6 nitrogen and oxygen atoms in total. The van der Waals surface area contributed by atoms with E-state index in [9.17, 15) is 0 Å². The third-order valence-electron chi connectivity index (χ3n) is 4.23. The summed E-state index contributed by atoms with van der Waals surface area (Å²) in [6, 6.07) is 0.497. The van der Waals surface area contributed by atoms with Crippen molar-refractivity contribution in [2.24, 2.45) is 4.99 Å². The highest BCUT2D eigenvalue weighted by atomic mass is 16.5. The van der Waals surface area contributed by atoms with Gasteiger partial charge in [-0.1, -0.05) is 0 Å². The number of ether oxygens (including phenoxy) is 1. The summed E-state index contributed by atoms with van der Waals surface area (Å²) in [5.41, 5.74) is 0. The monoisotopic (exact) mass is 327 g/mol. The smallest absolute Gasteiger partial charge is 0.191 e. The van der Waals surface area contributed by atoms with Gasteiger partial charge in [0.1, 0.15) is 0 Å². The fourth-order valence-corrected chi connectivity index (χ4v) is 2.62. The van der Waals surface area contributed by atoms with Crippen molar-refractivity contribution in [1.29, 1.82) is 0 Å². The Morgan fingerprint density at radius 2 is 1.87 bits per heavy atom. The summed E-state index contributed by atoms with van der Waals surface area (Å²) in [6.45, 7) is 15.4. The molecule has 2 N–H and O–H groups in total. The maximum atomic E-state index is 5.36. The second kappa shape index (κ2) is 12.6. The standard InChI is InChI=1S/C17H37N5O/c1-5-18-17(19-9-7-8-14-23-6-2)20-15-16(3)22-12-10-21(4)11-13-22/h16H,5-15H2,1-4H3,(H2,18,19,20). The van der Waals surface area contributed by atoms with E-state index in [1.807, 2.05) is 6.92 Å². The van der Waals surface area contributed by atoms with Gasteiger partial charge in [-0.15, -0.1) is 0 Å². The lowest BCUT2D eigenvalue weighted by molar-refractivity contribution is 0.122. The first-order chi connectivity index (χ1) is 11.2. The Hall–Kier alpha value is -0.850. The topological polar surface area (TPSA) is 52.1 Å². The number of piperazine rings is 1. The molecule has 0 amide bonds. The van der Waals surface area contributed by atoms with Crippen molar-refractivity contribution in [3.63, 3.8) is 0 Å². The van der Waals surface area contributed by atoms with E-state index in [0.717, 1.165) is 77.8 Å². The lowest BCUT2D eigenvalue weighted by atomic mass is 10.2. The van der Waals surface area contributed by atoms with E-state index in [0.29, 0.717) is 6.04 Å². The molecule has 136 valence electrons. The lowest BCUT2D eigenvalue weighted by Crippen LogP contribution is -2.49. The van der Waals surface area contributed by atoms with Gasteiger partial charge in [0.15, 0.2) is 5.96 Å². The van der Waals surface area contributed by atoms with Gasteiger partial charge < -0.3 is 20.3 Å². The molecular formula is C17H37N5O. The van der Waals surface area contributed by atoms with Crippen LogP contribution in [0.25, 0.3) is 0 Å². The maximum Gasteiger partial charge on any atom is 0.191 e. The highest BCUT2D eigenvalue weighted by molar-refractivity contribution is 5.79. The first-order valence-electron chi connectivity index (χ1n) is 9.19. The van der Waals surface area contributed by atoms with Gasteiger partial charge in [-0.05, 0) is 40.7 Å². The van der Waals surface area contributed by atoms with Gasteiger partial charge in [0.05, 0.1) is 6.54 Å². The average molecular weight is 328 g/mol. The first-order valence-corrected chi connectivity index (χ1v) is 9.19. The molecule has 0 aromatic rings. The predicted molar refractivity (Wildman–Crippen MR) is 98.2 cm³/mol. The summed E-state index contributed by atoms with van der Waals surface area (Å²) in [7, 11) is 2.19. The van der Waals surface area contributed by atoms with E-state index < -0.39 is 0 Å². The van der Waals surface area contributed by atoms with E-state index in [4.69, 9.17) is 9.73 Å². The van der Waals surface area contributed by atoms with Crippen LogP contribution in [0, 0.1) is 0 Å². The van der Waals surface area contributed by atoms with E-state index >= 15 is 0 Å². The van der Waals surface area contributed by atoms with E-state index in [1.165, 1.54) is 0 Å². The van der Waals surface area contributed by atoms with Crippen molar-refractivity contribution in [2.75, 3.05) is 66.1 Å². The summed E-state index contributed by atoms with van der Waals surface area (Å²) >= 11 is 0. The minimum Gasteiger partial charge on any atom is -0.382 e. The van der Waals surface area contributed by atoms with Gasteiger partial charge in [0.2, 0.25) is 0 Å². The van der Waals surface area contributed by atoms with Crippen molar-refractivity contribution in [3.05, 3.63) is 0 Å². The van der Waals surface area contributed by atoms with Gasteiger partial charge in [-0.3, -0.25) is 9.89 Å². The van der Waals surface area contributed by atoms with Gasteiger partial charge in [-0.25, -0.2) is 0 Å². The molecule has 0 aliphatic carbocycles. The molecule has 6 heteroatoms. The van der Waals surface area contributed by atoms with Crippen LogP contribution in [0.2, 0.25) is 0 Å². The highest BCUT2D eigenvalue weighted by Crippen LogP contribution is 2.05. The highest BCUT2D eigenvalue weighted by Gasteiger charge is 2.18. The van der Waals surface area contributed by atoms with Gasteiger partial charge in [0.25, 0.3) is 0 Å². The van der Waals surface area contributed by atoms with Crippen LogP contribution in [-0.4, -0.2) is 87.9 Å². The van der Waals surface area contributed by atoms with Crippen LogP contribution in [0.15, 0.2) is 4.99 Å². The van der Waals surface area contributed by atoms with Crippen molar-refractivity contribution in [2.45, 2.75) is 39.7 Å². The van der Waals surface area contributed by atoms with Crippen molar-refractivity contribution in [1.82, 2.24) is 20.4 Å². The summed E-state index contributed by atoms with van der Waals surface area (Å²) < 4.78 is 5.36. The van der Waals surface area contributed by atoms with E-state index in [-0.39, 0.29) is 0 Å². The molecule has 1 atom stereocenters. The van der Waals surface area contributed by atoms with Crippen LogP contribution in [0.3, 0.4) is 0 Å².